The molecule has 72 valence electrons. The third kappa shape index (κ3) is 1.85. The van der Waals surface area contributed by atoms with Crippen LogP contribution in [-0.2, 0) is 7.05 Å². The van der Waals surface area contributed by atoms with Crippen molar-refractivity contribution in [3.8, 4) is 0 Å². The quantitative estimate of drug-likeness (QED) is 0.612. The molecule has 5 nitrogen and oxygen atoms in total. The van der Waals surface area contributed by atoms with Gasteiger partial charge in [-0.25, -0.2) is 0 Å². The molecule has 0 unspecified atom stereocenters. The molecule has 1 fully saturated rings. The third-order valence-electron chi connectivity index (χ3n) is 2.61. The Morgan fingerprint density at radius 2 is 1.92 bits per heavy atom. The molecular formula is C8H15N5. The molecule has 2 heterocycles. The molecular weight excluding hydrogens is 166 g/mol. The zero-order valence-corrected chi connectivity index (χ0v) is 8.14. The van der Waals surface area contributed by atoms with Gasteiger partial charge in [-0.3, -0.25) is 0 Å². The van der Waals surface area contributed by atoms with E-state index in [1.807, 2.05) is 7.05 Å². The van der Waals surface area contributed by atoms with E-state index in [0.717, 1.165) is 31.8 Å². The molecule has 2 rings (SSSR count). The molecule has 1 aliphatic rings. The fourth-order valence-electron chi connectivity index (χ4n) is 1.73. The number of aryl methyl sites for hydroxylation is 1. The predicted octanol–water partition coefficient (Wildman–Crippen LogP) is 0.0193. The monoisotopic (exact) mass is 181 g/mol. The number of piperidine rings is 1. The molecule has 13 heavy (non-hydrogen) atoms. The molecule has 0 aliphatic carbocycles. The molecule has 1 saturated heterocycles. The highest BCUT2D eigenvalue weighted by molar-refractivity contribution is 4.93. The minimum Gasteiger partial charge on any atom is -0.306 e. The van der Waals surface area contributed by atoms with Crippen LogP contribution in [0.3, 0.4) is 0 Å². The van der Waals surface area contributed by atoms with Gasteiger partial charge in [0.15, 0.2) is 5.82 Å². The Morgan fingerprint density at radius 3 is 2.46 bits per heavy atom. The summed E-state index contributed by atoms with van der Waals surface area (Å²) in [6, 6.07) is 0. The first-order valence-electron chi connectivity index (χ1n) is 4.68. The summed E-state index contributed by atoms with van der Waals surface area (Å²) in [7, 11) is 3.96. The zero-order chi connectivity index (χ0) is 9.26. The van der Waals surface area contributed by atoms with Crippen molar-refractivity contribution in [1.29, 1.82) is 0 Å². The maximum Gasteiger partial charge on any atom is 0.177 e. The SMILES string of the molecule is CN1CCC(c2nnn(C)n2)CC1. The van der Waals surface area contributed by atoms with Crippen molar-refractivity contribution in [3.05, 3.63) is 5.82 Å². The van der Waals surface area contributed by atoms with Crippen molar-refractivity contribution in [1.82, 2.24) is 25.1 Å². The number of hydrogen-bond donors (Lipinski definition) is 0. The van der Waals surface area contributed by atoms with Crippen LogP contribution in [-0.4, -0.2) is 45.2 Å². The Kier molecular flexibility index (Phi) is 2.26. The average molecular weight is 181 g/mol. The first kappa shape index (κ1) is 8.62. The van der Waals surface area contributed by atoms with Gasteiger partial charge in [0, 0.05) is 5.92 Å². The van der Waals surface area contributed by atoms with E-state index >= 15 is 0 Å². The van der Waals surface area contributed by atoms with Crippen molar-refractivity contribution >= 4 is 0 Å². The van der Waals surface area contributed by atoms with Crippen molar-refractivity contribution in [3.63, 3.8) is 0 Å². The van der Waals surface area contributed by atoms with E-state index in [0.29, 0.717) is 5.92 Å². The van der Waals surface area contributed by atoms with E-state index in [-0.39, 0.29) is 0 Å². The van der Waals surface area contributed by atoms with Crippen LogP contribution in [0.5, 0.6) is 0 Å². The second-order valence-corrected chi connectivity index (χ2v) is 3.71. The van der Waals surface area contributed by atoms with Crippen LogP contribution in [0.1, 0.15) is 24.6 Å². The average Bonchev–Trinajstić information content (AvgIpc) is 2.53. The van der Waals surface area contributed by atoms with Gasteiger partial charge in [0.05, 0.1) is 7.05 Å². The largest absolute Gasteiger partial charge is 0.306 e. The second kappa shape index (κ2) is 3.41. The Hall–Kier alpha value is -0.970. The topological polar surface area (TPSA) is 46.8 Å². The van der Waals surface area contributed by atoms with Crippen molar-refractivity contribution < 1.29 is 0 Å². The highest BCUT2D eigenvalue weighted by atomic mass is 15.6. The summed E-state index contributed by atoms with van der Waals surface area (Å²) in [4.78, 5) is 3.88. The van der Waals surface area contributed by atoms with Gasteiger partial charge < -0.3 is 4.90 Å². The molecule has 0 spiro atoms. The van der Waals surface area contributed by atoms with E-state index in [9.17, 15) is 0 Å². The lowest BCUT2D eigenvalue weighted by atomic mass is 9.97. The van der Waals surface area contributed by atoms with Gasteiger partial charge in [0.1, 0.15) is 0 Å². The lowest BCUT2D eigenvalue weighted by Gasteiger charge is -2.26. The number of tetrazole rings is 1. The summed E-state index contributed by atoms with van der Waals surface area (Å²) >= 11 is 0. The highest BCUT2D eigenvalue weighted by Crippen LogP contribution is 2.23. The number of hydrogen-bond acceptors (Lipinski definition) is 4. The van der Waals surface area contributed by atoms with Crippen LogP contribution in [0.2, 0.25) is 0 Å². The first-order chi connectivity index (χ1) is 6.25. The predicted molar refractivity (Wildman–Crippen MR) is 48.3 cm³/mol. The molecule has 0 bridgehead atoms. The van der Waals surface area contributed by atoms with Crippen LogP contribution >= 0.6 is 0 Å². The van der Waals surface area contributed by atoms with E-state index in [1.165, 1.54) is 4.80 Å². The van der Waals surface area contributed by atoms with Crippen LogP contribution in [0.15, 0.2) is 0 Å². The molecule has 1 aromatic rings. The summed E-state index contributed by atoms with van der Waals surface area (Å²) in [6.45, 7) is 2.28. The Bertz CT molecular complexity index is 274. The number of rotatable bonds is 1. The van der Waals surface area contributed by atoms with Gasteiger partial charge in [0.2, 0.25) is 0 Å². The van der Waals surface area contributed by atoms with Gasteiger partial charge in [-0.15, -0.1) is 10.2 Å². The van der Waals surface area contributed by atoms with E-state index in [2.05, 4.69) is 27.4 Å². The lowest BCUT2D eigenvalue weighted by molar-refractivity contribution is 0.251. The molecule has 1 aliphatic heterocycles. The normalized spacial score (nSPS) is 20.8. The summed E-state index contributed by atoms with van der Waals surface area (Å²) in [5, 5.41) is 12.1. The third-order valence-corrected chi connectivity index (χ3v) is 2.61. The molecule has 1 aromatic heterocycles. The number of nitrogens with zero attached hydrogens (tertiary/aromatic N) is 5. The van der Waals surface area contributed by atoms with Gasteiger partial charge >= 0.3 is 0 Å². The smallest absolute Gasteiger partial charge is 0.177 e. The molecule has 5 heteroatoms. The van der Waals surface area contributed by atoms with Crippen molar-refractivity contribution in [2.75, 3.05) is 20.1 Å². The molecule has 0 saturated carbocycles. The molecule has 0 atom stereocenters. The minimum absolute atomic E-state index is 0.518. The van der Waals surface area contributed by atoms with Gasteiger partial charge in [-0.2, -0.15) is 4.80 Å². The first-order valence-corrected chi connectivity index (χ1v) is 4.68. The Balaban J connectivity index is 2.02. The van der Waals surface area contributed by atoms with E-state index in [1.54, 1.807) is 0 Å². The standard InChI is InChI=1S/C8H15N5/c1-12-5-3-7(4-6-12)8-9-11-13(2)10-8/h7H,3-6H2,1-2H3. The van der Waals surface area contributed by atoms with E-state index in [4.69, 9.17) is 0 Å². The minimum atomic E-state index is 0.518. The Morgan fingerprint density at radius 1 is 1.23 bits per heavy atom. The second-order valence-electron chi connectivity index (χ2n) is 3.71. The lowest BCUT2D eigenvalue weighted by Crippen LogP contribution is -2.29. The van der Waals surface area contributed by atoms with Crippen molar-refractivity contribution in [2.45, 2.75) is 18.8 Å². The van der Waals surface area contributed by atoms with Gasteiger partial charge in [-0.1, -0.05) is 0 Å². The highest BCUT2D eigenvalue weighted by Gasteiger charge is 2.21. The molecule has 0 N–H and O–H groups in total. The molecule has 0 amide bonds. The summed E-state index contributed by atoms with van der Waals surface area (Å²) in [5.74, 6) is 1.43. The van der Waals surface area contributed by atoms with Gasteiger partial charge in [0.25, 0.3) is 0 Å². The number of likely N-dealkylation sites (tertiary alicyclic amines) is 1. The molecule has 0 radical (unpaired) electrons. The zero-order valence-electron chi connectivity index (χ0n) is 8.14. The molecule has 0 aromatic carbocycles. The summed E-state index contributed by atoms with van der Waals surface area (Å²) < 4.78 is 0. The van der Waals surface area contributed by atoms with E-state index < -0.39 is 0 Å². The number of aromatic nitrogens is 4. The summed E-state index contributed by atoms with van der Waals surface area (Å²) in [5.41, 5.74) is 0. The fourth-order valence-corrected chi connectivity index (χ4v) is 1.73. The fraction of sp³-hybridized carbons (Fsp3) is 0.875. The van der Waals surface area contributed by atoms with Crippen molar-refractivity contribution in [2.24, 2.45) is 7.05 Å². The maximum atomic E-state index is 4.24. The van der Waals surface area contributed by atoms with Gasteiger partial charge in [-0.05, 0) is 38.2 Å². The maximum absolute atomic E-state index is 4.24. The van der Waals surface area contributed by atoms with Crippen LogP contribution in [0.25, 0.3) is 0 Å². The Labute approximate surface area is 77.7 Å². The van der Waals surface area contributed by atoms with Crippen LogP contribution in [0, 0.1) is 0 Å². The van der Waals surface area contributed by atoms with Crippen LogP contribution in [0.4, 0.5) is 0 Å². The summed E-state index contributed by atoms with van der Waals surface area (Å²) in [6.07, 6.45) is 2.31. The van der Waals surface area contributed by atoms with Crippen LogP contribution < -0.4 is 0 Å².